The first-order valence-electron chi connectivity index (χ1n) is 4.41. The Hall–Kier alpha value is -1.39. The minimum atomic E-state index is -0.898. The van der Waals surface area contributed by atoms with Crippen molar-refractivity contribution in [3.63, 3.8) is 0 Å². The fraction of sp³-hybridized carbons (Fsp3) is 0.300. The first-order valence-corrected chi connectivity index (χ1v) is 4.41. The van der Waals surface area contributed by atoms with Crippen LogP contribution in [0.4, 0.5) is 0 Å². The normalized spacial score (nSPS) is 19.4. The molecule has 1 atom stereocenters. The summed E-state index contributed by atoms with van der Waals surface area (Å²) in [5, 5.41) is 20.9. The molecule has 0 amide bonds. The summed E-state index contributed by atoms with van der Waals surface area (Å²) in [6, 6.07) is 4.79. The van der Waals surface area contributed by atoms with Crippen LogP contribution in [0.25, 0.3) is 0 Å². The van der Waals surface area contributed by atoms with Crippen LogP contribution in [0.15, 0.2) is 18.2 Å². The molecule has 0 aliphatic carbocycles. The third-order valence-electron chi connectivity index (χ3n) is 2.49. The predicted molar refractivity (Wildman–Crippen MR) is 49.6 cm³/mol. The highest BCUT2D eigenvalue weighted by Gasteiger charge is 2.29. The Morgan fingerprint density at radius 1 is 1.57 bits per heavy atom. The van der Waals surface area contributed by atoms with Crippen molar-refractivity contribution in [2.45, 2.75) is 19.2 Å². The summed E-state index contributed by atoms with van der Waals surface area (Å²) in [7, 11) is 0. The SMILES string of the molecule is O=C(O)C1NCc2cccc(CO)c21. The van der Waals surface area contributed by atoms with Crippen LogP contribution in [0.1, 0.15) is 22.7 Å². The summed E-state index contributed by atoms with van der Waals surface area (Å²) in [5.41, 5.74) is 2.38. The zero-order valence-corrected chi connectivity index (χ0v) is 7.53. The smallest absolute Gasteiger partial charge is 0.325 e. The van der Waals surface area contributed by atoms with Gasteiger partial charge in [-0.15, -0.1) is 0 Å². The van der Waals surface area contributed by atoms with Crippen molar-refractivity contribution in [1.82, 2.24) is 5.32 Å². The average Bonchev–Trinajstić information content (AvgIpc) is 2.60. The van der Waals surface area contributed by atoms with Crippen molar-refractivity contribution in [2.24, 2.45) is 0 Å². The summed E-state index contributed by atoms with van der Waals surface area (Å²) in [6.45, 7) is 0.439. The topological polar surface area (TPSA) is 69.6 Å². The van der Waals surface area contributed by atoms with Crippen LogP contribution in [0.3, 0.4) is 0 Å². The fourth-order valence-electron chi connectivity index (χ4n) is 1.85. The van der Waals surface area contributed by atoms with Crippen molar-refractivity contribution in [1.29, 1.82) is 0 Å². The Kier molecular flexibility index (Phi) is 2.23. The lowest BCUT2D eigenvalue weighted by atomic mass is 9.99. The first-order chi connectivity index (χ1) is 6.74. The van der Waals surface area contributed by atoms with E-state index in [0.29, 0.717) is 12.1 Å². The van der Waals surface area contributed by atoms with Crippen molar-refractivity contribution < 1.29 is 15.0 Å². The van der Waals surface area contributed by atoms with Gasteiger partial charge in [-0.2, -0.15) is 0 Å². The molecule has 0 spiro atoms. The van der Waals surface area contributed by atoms with Crippen molar-refractivity contribution in [2.75, 3.05) is 0 Å². The Labute approximate surface area is 81.2 Å². The van der Waals surface area contributed by atoms with Crippen molar-refractivity contribution in [3.8, 4) is 0 Å². The van der Waals surface area contributed by atoms with Gasteiger partial charge >= 0.3 is 5.97 Å². The number of carbonyl (C=O) groups is 1. The molecule has 0 saturated heterocycles. The van der Waals surface area contributed by atoms with E-state index in [1.54, 1.807) is 6.07 Å². The van der Waals surface area contributed by atoms with Gasteiger partial charge in [-0.3, -0.25) is 10.1 Å². The zero-order valence-electron chi connectivity index (χ0n) is 7.53. The highest BCUT2D eigenvalue weighted by molar-refractivity contribution is 5.77. The molecule has 1 aliphatic rings. The number of carboxylic acids is 1. The number of aliphatic carboxylic acids is 1. The maximum Gasteiger partial charge on any atom is 0.325 e. The second kappa shape index (κ2) is 3.40. The Balaban J connectivity index is 2.50. The summed E-state index contributed by atoms with van der Waals surface area (Å²) < 4.78 is 0. The molecule has 2 rings (SSSR count). The fourth-order valence-corrected chi connectivity index (χ4v) is 1.85. The predicted octanol–water partition coefficient (Wildman–Crippen LogP) is 0.408. The van der Waals surface area contributed by atoms with Gasteiger partial charge < -0.3 is 10.2 Å². The minimum absolute atomic E-state index is 0.116. The summed E-state index contributed by atoms with van der Waals surface area (Å²) in [4.78, 5) is 10.9. The quantitative estimate of drug-likeness (QED) is 0.636. The van der Waals surface area contributed by atoms with Crippen LogP contribution in [-0.4, -0.2) is 16.2 Å². The van der Waals surface area contributed by atoms with E-state index in [-0.39, 0.29) is 6.61 Å². The van der Waals surface area contributed by atoms with Gasteiger partial charge in [0.25, 0.3) is 0 Å². The van der Waals surface area contributed by atoms with E-state index in [4.69, 9.17) is 10.2 Å². The standard InChI is InChI=1S/C10H11NO3/c12-5-7-3-1-2-6-4-11-9(8(6)7)10(13)14/h1-3,9,11-12H,4-5H2,(H,13,14). The van der Waals surface area contributed by atoms with Gasteiger partial charge in [0, 0.05) is 6.54 Å². The molecule has 14 heavy (non-hydrogen) atoms. The molecule has 1 aromatic rings. The van der Waals surface area contributed by atoms with Crippen LogP contribution in [0.2, 0.25) is 0 Å². The van der Waals surface area contributed by atoms with E-state index in [1.165, 1.54) is 0 Å². The summed E-state index contributed by atoms with van der Waals surface area (Å²) >= 11 is 0. The molecule has 4 nitrogen and oxygen atoms in total. The minimum Gasteiger partial charge on any atom is -0.480 e. The molecule has 0 radical (unpaired) electrons. The molecular formula is C10H11NO3. The molecule has 3 N–H and O–H groups in total. The molecule has 74 valence electrons. The van der Waals surface area contributed by atoms with Crippen molar-refractivity contribution in [3.05, 3.63) is 34.9 Å². The second-order valence-electron chi connectivity index (χ2n) is 3.30. The van der Waals surface area contributed by atoms with Gasteiger partial charge in [0.05, 0.1) is 6.61 Å². The summed E-state index contributed by atoms with van der Waals surface area (Å²) in [6.07, 6.45) is 0. The van der Waals surface area contributed by atoms with Gasteiger partial charge in [-0.25, -0.2) is 0 Å². The van der Waals surface area contributed by atoms with E-state index < -0.39 is 12.0 Å². The maximum atomic E-state index is 10.9. The van der Waals surface area contributed by atoms with Crippen LogP contribution in [-0.2, 0) is 17.9 Å². The lowest BCUT2D eigenvalue weighted by molar-refractivity contribution is -0.139. The molecule has 0 saturated carbocycles. The number of carboxylic acid groups (broad SMARTS) is 1. The molecule has 4 heteroatoms. The average molecular weight is 193 g/mol. The molecule has 0 aromatic heterocycles. The molecular weight excluding hydrogens is 182 g/mol. The molecule has 1 aromatic carbocycles. The zero-order chi connectivity index (χ0) is 10.1. The number of rotatable bonds is 2. The van der Waals surface area contributed by atoms with Crippen molar-refractivity contribution >= 4 is 5.97 Å². The molecule has 1 unspecified atom stereocenters. The van der Waals surface area contributed by atoms with Crippen LogP contribution >= 0.6 is 0 Å². The third-order valence-corrected chi connectivity index (χ3v) is 2.49. The number of nitrogens with one attached hydrogen (secondary N) is 1. The van der Waals surface area contributed by atoms with Gasteiger partial charge in [0.2, 0.25) is 0 Å². The van der Waals surface area contributed by atoms with E-state index >= 15 is 0 Å². The molecule has 0 fully saturated rings. The van der Waals surface area contributed by atoms with E-state index in [9.17, 15) is 4.79 Å². The second-order valence-corrected chi connectivity index (χ2v) is 3.30. The van der Waals surface area contributed by atoms with E-state index in [0.717, 1.165) is 11.1 Å². The maximum absolute atomic E-state index is 10.9. The first kappa shape index (κ1) is 9.18. The number of aliphatic hydroxyl groups excluding tert-OH is 1. The molecule has 0 bridgehead atoms. The van der Waals surface area contributed by atoms with Crippen LogP contribution < -0.4 is 5.32 Å². The number of hydrogen-bond acceptors (Lipinski definition) is 3. The number of aliphatic hydroxyl groups is 1. The lowest BCUT2D eigenvalue weighted by Gasteiger charge is -2.09. The Bertz CT molecular complexity index is 376. The third kappa shape index (κ3) is 1.29. The van der Waals surface area contributed by atoms with Gasteiger partial charge in [-0.05, 0) is 16.7 Å². The Morgan fingerprint density at radius 3 is 3.00 bits per heavy atom. The highest BCUT2D eigenvalue weighted by Crippen LogP contribution is 2.28. The monoisotopic (exact) mass is 193 g/mol. The lowest BCUT2D eigenvalue weighted by Crippen LogP contribution is -2.22. The number of hydrogen-bond donors (Lipinski definition) is 3. The summed E-state index contributed by atoms with van der Waals surface area (Å²) in [5.74, 6) is -0.898. The highest BCUT2D eigenvalue weighted by atomic mass is 16.4. The Morgan fingerprint density at radius 2 is 2.36 bits per heavy atom. The largest absolute Gasteiger partial charge is 0.480 e. The van der Waals surface area contributed by atoms with E-state index in [2.05, 4.69) is 5.32 Å². The van der Waals surface area contributed by atoms with Gasteiger partial charge in [-0.1, -0.05) is 18.2 Å². The number of fused-ring (bicyclic) bond motifs is 1. The van der Waals surface area contributed by atoms with Gasteiger partial charge in [0.1, 0.15) is 6.04 Å². The molecule has 1 aliphatic heterocycles. The van der Waals surface area contributed by atoms with Gasteiger partial charge in [0.15, 0.2) is 0 Å². The van der Waals surface area contributed by atoms with Crippen LogP contribution in [0, 0.1) is 0 Å². The van der Waals surface area contributed by atoms with Crippen LogP contribution in [0.5, 0.6) is 0 Å². The van der Waals surface area contributed by atoms with E-state index in [1.807, 2.05) is 12.1 Å². The molecule has 1 heterocycles. The number of benzene rings is 1.